The van der Waals surface area contributed by atoms with Gasteiger partial charge in [0.2, 0.25) is 0 Å². The molecule has 0 aliphatic heterocycles. The van der Waals surface area contributed by atoms with Gasteiger partial charge in [-0.1, -0.05) is 0 Å². The first-order chi connectivity index (χ1) is 10.5. The van der Waals surface area contributed by atoms with Crippen LogP contribution in [0, 0.1) is 28.6 Å². The van der Waals surface area contributed by atoms with Crippen molar-refractivity contribution >= 4 is 17.9 Å². The van der Waals surface area contributed by atoms with Gasteiger partial charge < -0.3 is 15.4 Å². The molecule has 5 aliphatic rings. The van der Waals surface area contributed by atoms with Crippen molar-refractivity contribution in [3.8, 4) is 0 Å². The number of carbonyl (C=O) groups is 1. The van der Waals surface area contributed by atoms with E-state index < -0.39 is 0 Å². The minimum Gasteiger partial charge on any atom is -0.449 e. The lowest BCUT2D eigenvalue weighted by atomic mass is 9.25. The van der Waals surface area contributed by atoms with Crippen molar-refractivity contribution < 1.29 is 9.53 Å². The van der Waals surface area contributed by atoms with E-state index in [0.29, 0.717) is 24.0 Å². The highest BCUT2D eigenvalue weighted by atomic mass is 32.2. The van der Waals surface area contributed by atoms with E-state index in [-0.39, 0.29) is 12.1 Å². The molecule has 5 heteroatoms. The van der Waals surface area contributed by atoms with Gasteiger partial charge in [0.25, 0.3) is 0 Å². The fourth-order valence-corrected chi connectivity index (χ4v) is 7.00. The predicted molar refractivity (Wildman–Crippen MR) is 88.8 cm³/mol. The molecule has 124 valence electrons. The van der Waals surface area contributed by atoms with Gasteiger partial charge in [0, 0.05) is 25.4 Å². The molecule has 4 nitrogen and oxygen atoms in total. The van der Waals surface area contributed by atoms with Crippen LogP contribution in [-0.4, -0.2) is 49.2 Å². The summed E-state index contributed by atoms with van der Waals surface area (Å²) in [6.45, 7) is 1.11. The van der Waals surface area contributed by atoms with Crippen molar-refractivity contribution in [3.05, 3.63) is 0 Å². The van der Waals surface area contributed by atoms with Crippen molar-refractivity contribution in [2.45, 2.75) is 38.1 Å². The third kappa shape index (κ3) is 1.73. The van der Waals surface area contributed by atoms with Crippen LogP contribution in [-0.2, 0) is 4.74 Å². The zero-order valence-electron chi connectivity index (χ0n) is 13.7. The molecule has 0 aromatic carbocycles. The maximum absolute atomic E-state index is 11.9. The van der Waals surface area contributed by atoms with Crippen LogP contribution in [0.15, 0.2) is 0 Å². The van der Waals surface area contributed by atoms with E-state index >= 15 is 0 Å². The summed E-state index contributed by atoms with van der Waals surface area (Å²) < 4.78 is 5.24. The Morgan fingerprint density at radius 3 is 2.82 bits per heavy atom. The summed E-state index contributed by atoms with van der Waals surface area (Å²) in [7, 11) is 1.81. The zero-order chi connectivity index (χ0) is 15.5. The van der Waals surface area contributed by atoms with E-state index in [0.717, 1.165) is 29.9 Å². The number of ether oxygens (including phenoxy) is 1. The molecule has 0 saturated heterocycles. The SMILES string of the molecule is CSCCOC(=O)N(C)C[C@@H](N)CC12CC3CC4CC1CC432. The summed E-state index contributed by atoms with van der Waals surface area (Å²) in [5.41, 5.74) is 7.70. The van der Waals surface area contributed by atoms with Gasteiger partial charge >= 0.3 is 6.09 Å². The second kappa shape index (κ2) is 5.04. The predicted octanol–water partition coefficient (Wildman–Crippen LogP) is 2.57. The number of hydrogen-bond donors (Lipinski definition) is 1. The van der Waals surface area contributed by atoms with E-state index in [4.69, 9.17) is 10.5 Å². The highest BCUT2D eigenvalue weighted by molar-refractivity contribution is 7.98. The van der Waals surface area contributed by atoms with Gasteiger partial charge in [-0.25, -0.2) is 4.79 Å². The number of hydrogen-bond acceptors (Lipinski definition) is 4. The Morgan fingerprint density at radius 2 is 2.14 bits per heavy atom. The van der Waals surface area contributed by atoms with Crippen molar-refractivity contribution in [1.82, 2.24) is 4.90 Å². The Morgan fingerprint density at radius 1 is 1.36 bits per heavy atom. The standard InChI is InChI=1S/C17H28N2O2S/c1-19(15(20)21-3-4-22-2)10-14(18)9-16-7-13-6-11-5-12(16)8-17(11,13)16/h11-14H,3-10,18H2,1-2H3/t11?,12?,13?,14-,16?,17?/m0/s1. The van der Waals surface area contributed by atoms with Gasteiger partial charge in [0.1, 0.15) is 6.61 Å². The molecule has 5 unspecified atom stereocenters. The number of rotatable bonds is 7. The van der Waals surface area contributed by atoms with Crippen molar-refractivity contribution in [2.24, 2.45) is 34.3 Å². The molecular weight excluding hydrogens is 296 g/mol. The topological polar surface area (TPSA) is 55.6 Å². The minimum atomic E-state index is -0.232. The molecule has 0 aromatic rings. The fourth-order valence-electron chi connectivity index (χ4n) is 6.75. The van der Waals surface area contributed by atoms with Crippen LogP contribution in [0.3, 0.4) is 0 Å². The molecule has 1 amide bonds. The molecule has 5 rings (SSSR count). The average Bonchev–Trinajstić information content (AvgIpc) is 2.80. The molecule has 2 bridgehead atoms. The lowest BCUT2D eigenvalue weighted by Crippen LogP contribution is -2.73. The number of nitrogens with two attached hydrogens (primary N) is 1. The van der Waals surface area contributed by atoms with Gasteiger partial charge in [0.15, 0.2) is 0 Å². The fraction of sp³-hybridized carbons (Fsp3) is 0.941. The molecule has 1 spiro atoms. The number of amides is 1. The Kier molecular flexibility index (Phi) is 3.46. The van der Waals surface area contributed by atoms with Gasteiger partial charge in [-0.05, 0) is 66.9 Å². The normalized spacial score (nSPS) is 44.2. The summed E-state index contributed by atoms with van der Waals surface area (Å²) >= 11 is 1.69. The smallest absolute Gasteiger partial charge is 0.409 e. The van der Waals surface area contributed by atoms with E-state index in [2.05, 4.69) is 0 Å². The molecule has 5 aliphatic carbocycles. The minimum absolute atomic E-state index is 0.0954. The van der Waals surface area contributed by atoms with Gasteiger partial charge in [-0.3, -0.25) is 0 Å². The van der Waals surface area contributed by atoms with Crippen LogP contribution in [0.1, 0.15) is 32.1 Å². The molecule has 2 N–H and O–H groups in total. The lowest BCUT2D eigenvalue weighted by molar-refractivity contribution is -0.306. The molecule has 0 aromatic heterocycles. The second-order valence-corrected chi connectivity index (χ2v) is 9.10. The second-order valence-electron chi connectivity index (χ2n) is 8.12. The maximum Gasteiger partial charge on any atom is 0.409 e. The van der Waals surface area contributed by atoms with E-state index in [9.17, 15) is 4.79 Å². The summed E-state index contributed by atoms with van der Waals surface area (Å²) in [6.07, 6.45) is 8.77. The van der Waals surface area contributed by atoms with Gasteiger partial charge in [-0.15, -0.1) is 0 Å². The lowest BCUT2D eigenvalue weighted by Gasteiger charge is -2.79. The molecule has 0 radical (unpaired) electrons. The zero-order valence-corrected chi connectivity index (χ0v) is 14.5. The van der Waals surface area contributed by atoms with Crippen LogP contribution in [0.4, 0.5) is 4.79 Å². The van der Waals surface area contributed by atoms with E-state index in [1.807, 2.05) is 13.3 Å². The van der Waals surface area contributed by atoms with E-state index in [1.54, 1.807) is 16.7 Å². The molecule has 6 atom stereocenters. The number of likely N-dealkylation sites (N-methyl/N-ethyl adjacent to an activating group) is 1. The Balaban J connectivity index is 1.27. The largest absolute Gasteiger partial charge is 0.449 e. The Labute approximate surface area is 137 Å². The van der Waals surface area contributed by atoms with Crippen molar-refractivity contribution in [1.29, 1.82) is 0 Å². The third-order valence-electron chi connectivity index (χ3n) is 7.46. The van der Waals surface area contributed by atoms with Crippen LogP contribution in [0.5, 0.6) is 0 Å². The maximum atomic E-state index is 11.9. The molecule has 5 saturated carbocycles. The van der Waals surface area contributed by atoms with E-state index in [1.165, 1.54) is 25.7 Å². The van der Waals surface area contributed by atoms with Crippen molar-refractivity contribution in [2.75, 3.05) is 32.2 Å². The first-order valence-corrected chi connectivity index (χ1v) is 10.1. The van der Waals surface area contributed by atoms with Gasteiger partial charge in [0.05, 0.1) is 0 Å². The number of nitrogens with zero attached hydrogens (tertiary/aromatic N) is 1. The van der Waals surface area contributed by atoms with Crippen molar-refractivity contribution in [3.63, 3.8) is 0 Å². The van der Waals surface area contributed by atoms with Crippen LogP contribution >= 0.6 is 11.8 Å². The van der Waals surface area contributed by atoms with Crippen LogP contribution in [0.25, 0.3) is 0 Å². The summed E-state index contributed by atoms with van der Waals surface area (Å²) in [6, 6.07) is 0.0954. The first-order valence-electron chi connectivity index (χ1n) is 8.66. The monoisotopic (exact) mass is 324 g/mol. The summed E-state index contributed by atoms with van der Waals surface area (Å²) in [5.74, 6) is 3.85. The molecule has 5 fully saturated rings. The summed E-state index contributed by atoms with van der Waals surface area (Å²) in [4.78, 5) is 13.6. The molecule has 22 heavy (non-hydrogen) atoms. The molecular formula is C17H28N2O2S. The Bertz CT molecular complexity index is 485. The first kappa shape index (κ1) is 15.1. The third-order valence-corrected chi connectivity index (χ3v) is 8.03. The van der Waals surface area contributed by atoms with Crippen LogP contribution < -0.4 is 5.73 Å². The average molecular weight is 324 g/mol. The number of thioether (sulfide) groups is 1. The van der Waals surface area contributed by atoms with Crippen LogP contribution in [0.2, 0.25) is 0 Å². The Hall–Kier alpha value is -0.420. The summed E-state index contributed by atoms with van der Waals surface area (Å²) in [5, 5.41) is 0. The molecule has 0 heterocycles. The van der Waals surface area contributed by atoms with Gasteiger partial charge in [-0.2, -0.15) is 11.8 Å². The number of carbonyl (C=O) groups excluding carboxylic acids is 1. The highest BCUT2D eigenvalue weighted by Crippen LogP contribution is 2.93. The highest BCUT2D eigenvalue weighted by Gasteiger charge is 2.86. The quantitative estimate of drug-likeness (QED) is 0.731.